The van der Waals surface area contributed by atoms with Crippen molar-refractivity contribution in [1.29, 1.82) is 0 Å². The Morgan fingerprint density at radius 3 is 2.50 bits per heavy atom. The van der Waals surface area contributed by atoms with Crippen LogP contribution < -0.4 is 16.1 Å². The third-order valence-electron chi connectivity index (χ3n) is 8.01. The molecule has 2 aromatic carbocycles. The second-order valence-electron chi connectivity index (χ2n) is 11.0. The summed E-state index contributed by atoms with van der Waals surface area (Å²) in [4.78, 5) is 66.6. The highest BCUT2D eigenvalue weighted by molar-refractivity contribution is 8.01. The van der Waals surface area contributed by atoms with Crippen molar-refractivity contribution in [3.05, 3.63) is 81.6 Å². The molecule has 2 saturated heterocycles. The Labute approximate surface area is 233 Å². The Kier molecular flexibility index (Phi) is 6.02. The number of aliphatic carboxylic acids is 1. The van der Waals surface area contributed by atoms with Crippen molar-refractivity contribution < 1.29 is 24.3 Å². The first-order valence-corrected chi connectivity index (χ1v) is 13.9. The maximum Gasteiger partial charge on any atom is 0.327 e. The van der Waals surface area contributed by atoms with Crippen molar-refractivity contribution in [2.45, 2.75) is 61.5 Å². The van der Waals surface area contributed by atoms with Gasteiger partial charge in [0.05, 0.1) is 5.52 Å². The standard InChI is InChI=1S/C29H28N4O6S/c1-14-12-16-10-7-11-17-21(16)32(14)13-18(22(17)34)24(35)30-19(15-8-5-4-6-9-15)25(36)31-20-26(37)33-23(28(38)39)29(2,3)40-27(20)33/h4-11,13-14,19-20,23,27H,12H2,1-3H3,(H,30,35)(H,31,36)(H,38,39). The highest BCUT2D eigenvalue weighted by atomic mass is 32.2. The van der Waals surface area contributed by atoms with Crippen LogP contribution in [0.5, 0.6) is 0 Å². The van der Waals surface area contributed by atoms with Gasteiger partial charge in [0, 0.05) is 22.4 Å². The molecule has 5 atom stereocenters. The van der Waals surface area contributed by atoms with Gasteiger partial charge in [-0.1, -0.05) is 42.5 Å². The number of para-hydroxylation sites is 1. The fraction of sp³-hybridized carbons (Fsp3) is 0.345. The predicted molar refractivity (Wildman–Crippen MR) is 149 cm³/mol. The van der Waals surface area contributed by atoms with Gasteiger partial charge in [0.2, 0.25) is 17.2 Å². The van der Waals surface area contributed by atoms with Crippen LogP contribution in [0.2, 0.25) is 0 Å². The molecule has 0 saturated carbocycles. The Morgan fingerprint density at radius 1 is 1.07 bits per heavy atom. The zero-order valence-corrected chi connectivity index (χ0v) is 22.9. The molecule has 1 aromatic heterocycles. The van der Waals surface area contributed by atoms with Gasteiger partial charge in [-0.2, -0.15) is 0 Å². The highest BCUT2D eigenvalue weighted by Gasteiger charge is 2.64. The van der Waals surface area contributed by atoms with Crippen molar-refractivity contribution in [2.24, 2.45) is 0 Å². The minimum atomic E-state index is -1.19. The lowest BCUT2D eigenvalue weighted by molar-refractivity contribution is -0.161. The number of thioether (sulfide) groups is 1. The quantitative estimate of drug-likeness (QED) is 0.393. The number of β-lactam (4-membered cyclic amide) rings is 1. The first-order chi connectivity index (χ1) is 19.0. The van der Waals surface area contributed by atoms with Gasteiger partial charge < -0.3 is 25.2 Å². The van der Waals surface area contributed by atoms with Crippen molar-refractivity contribution in [2.75, 3.05) is 0 Å². The first-order valence-electron chi connectivity index (χ1n) is 13.1. The van der Waals surface area contributed by atoms with Crippen LogP contribution in [0.1, 0.15) is 54.3 Å². The Hall–Kier alpha value is -4.12. The monoisotopic (exact) mass is 560 g/mol. The van der Waals surface area contributed by atoms with Crippen LogP contribution in [0.25, 0.3) is 10.9 Å². The molecule has 11 heteroatoms. The SMILES string of the molecule is CC1Cc2cccc3c(=O)c(C(=O)NC(C(=O)NC4C(=O)N5C4SC(C)(C)C5C(=O)O)c4ccccc4)cn1c23. The molecule has 0 spiro atoms. The molecule has 2 fully saturated rings. The molecule has 3 aliphatic rings. The summed E-state index contributed by atoms with van der Waals surface area (Å²) < 4.78 is 1.19. The van der Waals surface area contributed by atoms with Crippen LogP contribution in [0, 0.1) is 0 Å². The minimum absolute atomic E-state index is 0.0654. The molecule has 3 aromatic rings. The lowest BCUT2D eigenvalue weighted by Crippen LogP contribution is -2.71. The minimum Gasteiger partial charge on any atom is -0.480 e. The molecule has 6 rings (SSSR count). The largest absolute Gasteiger partial charge is 0.480 e. The van der Waals surface area contributed by atoms with Gasteiger partial charge in [-0.05, 0) is 44.4 Å². The van der Waals surface area contributed by atoms with Gasteiger partial charge >= 0.3 is 5.97 Å². The summed E-state index contributed by atoms with van der Waals surface area (Å²) in [6.45, 7) is 5.53. The van der Waals surface area contributed by atoms with E-state index in [4.69, 9.17) is 0 Å². The third kappa shape index (κ3) is 3.90. The van der Waals surface area contributed by atoms with E-state index in [1.807, 2.05) is 17.6 Å². The van der Waals surface area contributed by atoms with Crippen LogP contribution in [0.3, 0.4) is 0 Å². The molecular formula is C29H28N4O6S. The van der Waals surface area contributed by atoms with E-state index in [-0.39, 0.29) is 11.6 Å². The second-order valence-corrected chi connectivity index (χ2v) is 12.8. The molecule has 0 aliphatic carbocycles. The summed E-state index contributed by atoms with van der Waals surface area (Å²) in [6, 6.07) is 11.0. The molecule has 10 nitrogen and oxygen atoms in total. The van der Waals surface area contributed by atoms with Crippen LogP contribution in [0.4, 0.5) is 0 Å². The van der Waals surface area contributed by atoms with Gasteiger partial charge in [-0.15, -0.1) is 11.8 Å². The molecular weight excluding hydrogens is 532 g/mol. The number of carboxylic acid groups (broad SMARTS) is 1. The summed E-state index contributed by atoms with van der Waals surface area (Å²) in [5.74, 6) is -2.91. The van der Waals surface area contributed by atoms with E-state index in [1.165, 1.54) is 16.7 Å². The number of carbonyl (C=O) groups excluding carboxylic acids is 3. The molecule has 4 heterocycles. The number of rotatable bonds is 6. The zero-order chi connectivity index (χ0) is 28.5. The summed E-state index contributed by atoms with van der Waals surface area (Å²) in [5.41, 5.74) is 1.85. The maximum atomic E-state index is 13.6. The van der Waals surface area contributed by atoms with Gasteiger partial charge in [-0.3, -0.25) is 19.2 Å². The Bertz CT molecular complexity index is 1650. The van der Waals surface area contributed by atoms with Gasteiger partial charge in [0.25, 0.3) is 5.91 Å². The number of hydrogen-bond donors (Lipinski definition) is 3. The average molecular weight is 561 g/mol. The van der Waals surface area contributed by atoms with E-state index < -0.39 is 57.4 Å². The van der Waals surface area contributed by atoms with E-state index >= 15 is 0 Å². The Morgan fingerprint density at radius 2 is 1.80 bits per heavy atom. The van der Waals surface area contributed by atoms with Crippen molar-refractivity contribution >= 4 is 46.4 Å². The number of nitrogens with one attached hydrogen (secondary N) is 2. The molecule has 40 heavy (non-hydrogen) atoms. The van der Waals surface area contributed by atoms with E-state index in [0.717, 1.165) is 17.5 Å². The normalized spacial score (nSPS) is 24.8. The number of pyridine rings is 1. The van der Waals surface area contributed by atoms with E-state index in [2.05, 4.69) is 10.6 Å². The van der Waals surface area contributed by atoms with Crippen LogP contribution >= 0.6 is 11.8 Å². The molecule has 3 N–H and O–H groups in total. The molecule has 0 radical (unpaired) electrons. The smallest absolute Gasteiger partial charge is 0.327 e. The van der Waals surface area contributed by atoms with Crippen LogP contribution in [-0.2, 0) is 20.8 Å². The van der Waals surface area contributed by atoms with Crippen LogP contribution in [0.15, 0.2) is 59.5 Å². The number of carbonyl (C=O) groups is 4. The number of carboxylic acids is 1. The molecule has 206 valence electrons. The van der Waals surface area contributed by atoms with E-state index in [0.29, 0.717) is 10.9 Å². The van der Waals surface area contributed by atoms with Crippen molar-refractivity contribution in [3.63, 3.8) is 0 Å². The summed E-state index contributed by atoms with van der Waals surface area (Å²) in [7, 11) is 0. The van der Waals surface area contributed by atoms with E-state index in [1.54, 1.807) is 62.5 Å². The topological polar surface area (TPSA) is 138 Å². The Balaban J connectivity index is 1.29. The second kappa shape index (κ2) is 9.22. The molecule has 3 aliphatic heterocycles. The van der Waals surface area contributed by atoms with Crippen molar-refractivity contribution in [1.82, 2.24) is 20.1 Å². The van der Waals surface area contributed by atoms with Gasteiger partial charge in [0.1, 0.15) is 29.1 Å². The van der Waals surface area contributed by atoms with Crippen molar-refractivity contribution in [3.8, 4) is 0 Å². The third-order valence-corrected chi connectivity index (χ3v) is 9.58. The zero-order valence-electron chi connectivity index (χ0n) is 22.1. The average Bonchev–Trinajstić information content (AvgIpc) is 3.38. The van der Waals surface area contributed by atoms with Gasteiger partial charge in [0.15, 0.2) is 0 Å². The number of aromatic nitrogens is 1. The fourth-order valence-corrected chi connectivity index (χ4v) is 7.74. The number of hydrogen-bond acceptors (Lipinski definition) is 6. The summed E-state index contributed by atoms with van der Waals surface area (Å²) in [6.07, 6.45) is 2.31. The first kappa shape index (κ1) is 26.1. The lowest BCUT2D eigenvalue weighted by atomic mass is 9.95. The molecule has 3 amide bonds. The van der Waals surface area contributed by atoms with E-state index in [9.17, 15) is 29.1 Å². The van der Waals surface area contributed by atoms with Crippen LogP contribution in [-0.4, -0.2) is 60.5 Å². The van der Waals surface area contributed by atoms with Gasteiger partial charge in [-0.25, -0.2) is 4.79 Å². The number of benzene rings is 2. The summed E-state index contributed by atoms with van der Waals surface area (Å²) >= 11 is 1.32. The molecule has 5 unspecified atom stereocenters. The highest BCUT2D eigenvalue weighted by Crippen LogP contribution is 2.50. The number of fused-ring (bicyclic) bond motifs is 1. The number of amides is 3. The summed E-state index contributed by atoms with van der Waals surface area (Å²) in [5, 5.41) is 15.0. The molecule has 0 bridgehead atoms. The predicted octanol–water partition coefficient (Wildman–Crippen LogP) is 2.22. The lowest BCUT2D eigenvalue weighted by Gasteiger charge is -2.44. The fourth-order valence-electron chi connectivity index (χ4n) is 6.11. The number of nitrogens with zero attached hydrogens (tertiary/aromatic N) is 2. The maximum absolute atomic E-state index is 13.6.